The van der Waals surface area contributed by atoms with Crippen LogP contribution in [0.2, 0.25) is 0 Å². The van der Waals surface area contributed by atoms with Gasteiger partial charge in [-0.05, 0) is 31.0 Å². The zero-order chi connectivity index (χ0) is 19.6. The molecular formula is C19H20F2N4O2. The van der Waals surface area contributed by atoms with Crippen LogP contribution in [0.25, 0.3) is 0 Å². The predicted octanol–water partition coefficient (Wildman–Crippen LogP) is 3.06. The summed E-state index contributed by atoms with van der Waals surface area (Å²) in [6, 6.07) is 4.20. The third kappa shape index (κ3) is 4.39. The predicted molar refractivity (Wildman–Crippen MR) is 97.2 cm³/mol. The Morgan fingerprint density at radius 1 is 1.26 bits per heavy atom. The van der Waals surface area contributed by atoms with Crippen molar-refractivity contribution >= 4 is 12.1 Å². The molecule has 27 heavy (non-hydrogen) atoms. The first kappa shape index (κ1) is 18.8. The van der Waals surface area contributed by atoms with Crippen molar-refractivity contribution in [3.05, 3.63) is 69.7 Å². The van der Waals surface area contributed by atoms with Crippen LogP contribution >= 0.6 is 0 Å². The molecule has 8 heteroatoms. The zero-order valence-corrected chi connectivity index (χ0v) is 14.9. The normalized spacial score (nSPS) is 16.1. The highest BCUT2D eigenvalue weighted by Gasteiger charge is 2.28. The van der Waals surface area contributed by atoms with Gasteiger partial charge in [0.15, 0.2) is 0 Å². The summed E-state index contributed by atoms with van der Waals surface area (Å²) >= 11 is 0. The number of aromatic nitrogens is 2. The van der Waals surface area contributed by atoms with E-state index < -0.39 is 17.7 Å². The van der Waals surface area contributed by atoms with E-state index in [0.29, 0.717) is 24.9 Å². The fourth-order valence-electron chi connectivity index (χ4n) is 3.08. The molecule has 1 N–H and O–H groups in total. The fourth-order valence-corrected chi connectivity index (χ4v) is 3.08. The molecular weight excluding hydrogens is 354 g/mol. The number of aromatic amines is 1. The number of carbonyl (C=O) groups excluding carboxylic acids is 1. The van der Waals surface area contributed by atoms with Gasteiger partial charge in [-0.15, -0.1) is 0 Å². The summed E-state index contributed by atoms with van der Waals surface area (Å²) in [5.74, 6) is -1.63. The third-order valence-electron chi connectivity index (χ3n) is 4.44. The monoisotopic (exact) mass is 374 g/mol. The van der Waals surface area contributed by atoms with Gasteiger partial charge in [0.1, 0.15) is 11.6 Å². The minimum atomic E-state index is -0.686. The van der Waals surface area contributed by atoms with Crippen molar-refractivity contribution in [3.63, 3.8) is 0 Å². The molecule has 0 aliphatic carbocycles. The lowest BCUT2D eigenvalue weighted by atomic mass is 10.0. The number of carbonyl (C=O) groups is 1. The van der Waals surface area contributed by atoms with E-state index in [4.69, 9.17) is 0 Å². The van der Waals surface area contributed by atoms with E-state index in [9.17, 15) is 18.4 Å². The molecule has 0 saturated carbocycles. The first-order chi connectivity index (χ1) is 12.8. The second kappa shape index (κ2) is 7.69. The number of amides is 1. The summed E-state index contributed by atoms with van der Waals surface area (Å²) in [6.45, 7) is 6.16. The Labute approximate surface area is 154 Å². The van der Waals surface area contributed by atoms with E-state index in [1.165, 1.54) is 23.2 Å². The van der Waals surface area contributed by atoms with Gasteiger partial charge < -0.3 is 0 Å². The average molecular weight is 374 g/mol. The highest BCUT2D eigenvalue weighted by Crippen LogP contribution is 2.30. The van der Waals surface area contributed by atoms with Crippen LogP contribution in [0.5, 0.6) is 0 Å². The maximum absolute atomic E-state index is 13.5. The molecule has 0 spiro atoms. The van der Waals surface area contributed by atoms with Crippen molar-refractivity contribution in [1.82, 2.24) is 14.8 Å². The first-order valence-electron chi connectivity index (χ1n) is 8.57. The molecule has 0 saturated heterocycles. The van der Waals surface area contributed by atoms with Crippen LogP contribution in [0, 0.1) is 18.6 Å². The molecule has 2 aromatic rings. The lowest BCUT2D eigenvalue weighted by Gasteiger charge is -2.22. The van der Waals surface area contributed by atoms with Crippen LogP contribution in [0.3, 0.4) is 0 Å². The molecule has 0 radical (unpaired) electrons. The molecule has 6 nitrogen and oxygen atoms in total. The molecule has 1 aliphatic heterocycles. The second-order valence-corrected chi connectivity index (χ2v) is 6.59. The Morgan fingerprint density at radius 3 is 2.59 bits per heavy atom. The average Bonchev–Trinajstić information content (AvgIpc) is 3.18. The number of nitrogens with zero attached hydrogens (tertiary/aromatic N) is 3. The van der Waals surface area contributed by atoms with Crippen molar-refractivity contribution in [2.24, 2.45) is 5.10 Å². The second-order valence-electron chi connectivity index (χ2n) is 6.59. The Morgan fingerprint density at radius 2 is 1.96 bits per heavy atom. The van der Waals surface area contributed by atoms with Crippen molar-refractivity contribution in [2.75, 3.05) is 0 Å². The summed E-state index contributed by atoms with van der Waals surface area (Å²) in [7, 11) is 0. The zero-order valence-electron chi connectivity index (χ0n) is 14.9. The van der Waals surface area contributed by atoms with E-state index in [0.717, 1.165) is 17.3 Å². The number of H-pyrrole nitrogens is 1. The number of hydrogen-bond donors (Lipinski definition) is 1. The standard InChI is InChI=1S/C19H20F2N4O2/c1-12(11-24-13(2)7-18(26)23-24)3-4-19(27)25-17(5-6-22-25)14-8-15(20)10-16(21)9-14/h6-10,17H,1,3-5,11H2,2H3,(H,23,26). The Balaban J connectivity index is 1.61. The van der Waals surface area contributed by atoms with E-state index in [-0.39, 0.29) is 17.9 Å². The summed E-state index contributed by atoms with van der Waals surface area (Å²) in [5.41, 5.74) is 1.74. The minimum absolute atomic E-state index is 0.162. The van der Waals surface area contributed by atoms with E-state index in [2.05, 4.69) is 16.8 Å². The molecule has 142 valence electrons. The lowest BCUT2D eigenvalue weighted by Crippen LogP contribution is -2.27. The van der Waals surface area contributed by atoms with Crippen LogP contribution in [0.15, 0.2) is 46.3 Å². The van der Waals surface area contributed by atoms with Gasteiger partial charge in [0.25, 0.3) is 5.56 Å². The molecule has 1 amide bonds. The molecule has 1 unspecified atom stereocenters. The van der Waals surface area contributed by atoms with Crippen LogP contribution in [0.1, 0.15) is 36.6 Å². The Kier molecular flexibility index (Phi) is 5.34. The number of benzene rings is 1. The fraction of sp³-hybridized carbons (Fsp3) is 0.316. The SMILES string of the molecule is C=C(CCC(=O)N1N=CCC1c1cc(F)cc(F)c1)Cn1[nH]c(=O)cc1C. The Hall–Kier alpha value is -3.03. The van der Waals surface area contributed by atoms with Gasteiger partial charge in [-0.1, -0.05) is 12.2 Å². The summed E-state index contributed by atoms with van der Waals surface area (Å²) < 4.78 is 28.6. The molecule has 3 rings (SSSR count). The minimum Gasteiger partial charge on any atom is -0.285 e. The quantitative estimate of drug-likeness (QED) is 0.790. The number of nitrogens with one attached hydrogen (secondary N) is 1. The number of halogens is 2. The molecule has 1 aromatic heterocycles. The van der Waals surface area contributed by atoms with Gasteiger partial charge in [-0.25, -0.2) is 13.8 Å². The highest BCUT2D eigenvalue weighted by molar-refractivity contribution is 5.80. The van der Waals surface area contributed by atoms with E-state index in [1.54, 1.807) is 17.8 Å². The third-order valence-corrected chi connectivity index (χ3v) is 4.44. The van der Waals surface area contributed by atoms with Gasteiger partial charge in [-0.3, -0.25) is 19.4 Å². The lowest BCUT2D eigenvalue weighted by molar-refractivity contribution is -0.133. The molecule has 1 aliphatic rings. The number of hydrazone groups is 1. The van der Waals surface area contributed by atoms with Gasteiger partial charge in [-0.2, -0.15) is 5.10 Å². The Bertz CT molecular complexity index is 941. The first-order valence-corrected chi connectivity index (χ1v) is 8.57. The molecule has 0 fully saturated rings. The highest BCUT2D eigenvalue weighted by atomic mass is 19.1. The van der Waals surface area contributed by atoms with Crippen molar-refractivity contribution in [2.45, 2.75) is 38.8 Å². The number of allylic oxidation sites excluding steroid dienone is 1. The number of hydrogen-bond acceptors (Lipinski definition) is 3. The smallest absolute Gasteiger partial charge is 0.264 e. The maximum Gasteiger partial charge on any atom is 0.264 e. The number of rotatable bonds is 6. The maximum atomic E-state index is 13.5. The molecule has 1 atom stereocenters. The van der Waals surface area contributed by atoms with Gasteiger partial charge >= 0.3 is 0 Å². The topological polar surface area (TPSA) is 70.5 Å². The molecule has 1 aromatic carbocycles. The van der Waals surface area contributed by atoms with Gasteiger partial charge in [0.05, 0.1) is 12.6 Å². The molecule has 0 bridgehead atoms. The summed E-state index contributed by atoms with van der Waals surface area (Å²) in [5, 5.41) is 8.00. The van der Waals surface area contributed by atoms with Crippen LogP contribution in [0.4, 0.5) is 8.78 Å². The van der Waals surface area contributed by atoms with E-state index in [1.807, 2.05) is 0 Å². The van der Waals surface area contributed by atoms with Crippen LogP contribution in [-0.2, 0) is 11.3 Å². The van der Waals surface area contributed by atoms with E-state index >= 15 is 0 Å². The van der Waals surface area contributed by atoms with Crippen LogP contribution < -0.4 is 5.56 Å². The van der Waals surface area contributed by atoms with Gasteiger partial charge in [0, 0.05) is 36.9 Å². The largest absolute Gasteiger partial charge is 0.285 e. The van der Waals surface area contributed by atoms with Crippen molar-refractivity contribution < 1.29 is 13.6 Å². The summed E-state index contributed by atoms with van der Waals surface area (Å²) in [4.78, 5) is 23.9. The van der Waals surface area contributed by atoms with Crippen LogP contribution in [-0.4, -0.2) is 26.9 Å². The summed E-state index contributed by atoms with van der Waals surface area (Å²) in [6.07, 6.45) is 2.54. The van der Waals surface area contributed by atoms with Gasteiger partial charge in [0.2, 0.25) is 5.91 Å². The van der Waals surface area contributed by atoms with Crippen molar-refractivity contribution in [3.8, 4) is 0 Å². The number of aryl methyl sites for hydroxylation is 1. The molecule has 2 heterocycles. The van der Waals surface area contributed by atoms with Crippen molar-refractivity contribution in [1.29, 1.82) is 0 Å².